The predicted octanol–water partition coefficient (Wildman–Crippen LogP) is 2.37. The van der Waals surface area contributed by atoms with Crippen LogP contribution in [0.2, 0.25) is 5.02 Å². The average molecular weight is 268 g/mol. The Labute approximate surface area is 106 Å². The van der Waals surface area contributed by atoms with Gasteiger partial charge < -0.3 is 5.11 Å². The van der Waals surface area contributed by atoms with E-state index in [-0.39, 0.29) is 5.69 Å². The highest BCUT2D eigenvalue weighted by Gasteiger charge is 2.08. The Bertz CT molecular complexity index is 548. The van der Waals surface area contributed by atoms with Crippen LogP contribution in [0.3, 0.4) is 0 Å². The summed E-state index contributed by atoms with van der Waals surface area (Å²) >= 11 is 7.16. The van der Waals surface area contributed by atoms with Gasteiger partial charge in [-0.3, -0.25) is 0 Å². The molecule has 5 nitrogen and oxygen atoms in total. The number of carboxylic acid groups (broad SMARTS) is 1. The lowest BCUT2D eigenvalue weighted by Crippen LogP contribution is -2.00. The van der Waals surface area contributed by atoms with Crippen molar-refractivity contribution in [3.63, 3.8) is 0 Å². The molecule has 2 aromatic rings. The largest absolute Gasteiger partial charge is 0.476 e. The molecule has 0 aliphatic rings. The summed E-state index contributed by atoms with van der Waals surface area (Å²) in [4.78, 5) is 22.4. The van der Waals surface area contributed by atoms with E-state index < -0.39 is 5.97 Å². The van der Waals surface area contributed by atoms with E-state index in [4.69, 9.17) is 16.7 Å². The fourth-order valence-electron chi connectivity index (χ4n) is 1.02. The number of rotatable bonds is 3. The number of hydrogen-bond acceptors (Lipinski definition) is 5. The van der Waals surface area contributed by atoms with Crippen LogP contribution in [0.25, 0.3) is 0 Å². The smallest absolute Gasteiger partial charge is 0.356 e. The topological polar surface area (TPSA) is 76.0 Å². The molecule has 1 N–H and O–H groups in total. The molecule has 7 heteroatoms. The molecule has 0 saturated carbocycles. The zero-order valence-corrected chi connectivity index (χ0v) is 9.94. The van der Waals surface area contributed by atoms with Crippen LogP contribution < -0.4 is 0 Å². The van der Waals surface area contributed by atoms with Crippen molar-refractivity contribution in [3.05, 3.63) is 41.4 Å². The van der Waals surface area contributed by atoms with Gasteiger partial charge in [-0.05, 0) is 23.9 Å². The fourth-order valence-corrected chi connectivity index (χ4v) is 1.95. The van der Waals surface area contributed by atoms with E-state index in [0.29, 0.717) is 15.1 Å². The van der Waals surface area contributed by atoms with Crippen molar-refractivity contribution in [1.29, 1.82) is 0 Å². The Morgan fingerprint density at radius 2 is 2.12 bits per heavy atom. The van der Waals surface area contributed by atoms with Crippen LogP contribution in [0, 0.1) is 0 Å². The van der Waals surface area contributed by atoms with Crippen LogP contribution in [0.5, 0.6) is 0 Å². The Hall–Kier alpha value is -1.66. The van der Waals surface area contributed by atoms with E-state index in [1.807, 2.05) is 0 Å². The van der Waals surface area contributed by atoms with Gasteiger partial charge in [-0.1, -0.05) is 11.6 Å². The summed E-state index contributed by atoms with van der Waals surface area (Å²) in [5, 5.41) is 10.3. The van der Waals surface area contributed by atoms with E-state index in [0.717, 1.165) is 0 Å². The maximum Gasteiger partial charge on any atom is 0.356 e. The van der Waals surface area contributed by atoms with Crippen molar-refractivity contribution in [3.8, 4) is 0 Å². The average Bonchev–Trinajstić information content (AvgIpc) is 2.33. The second kappa shape index (κ2) is 5.11. The molecule has 0 aromatic carbocycles. The second-order valence-electron chi connectivity index (χ2n) is 2.94. The minimum atomic E-state index is -1.11. The summed E-state index contributed by atoms with van der Waals surface area (Å²) < 4.78 is 0. The second-order valence-corrected chi connectivity index (χ2v) is 4.35. The number of aromatic carboxylic acids is 1. The minimum Gasteiger partial charge on any atom is -0.476 e. The number of carbonyl (C=O) groups is 1. The van der Waals surface area contributed by atoms with E-state index in [2.05, 4.69) is 15.0 Å². The minimum absolute atomic E-state index is 0.0959. The fraction of sp³-hybridized carbons (Fsp3) is 0. The summed E-state index contributed by atoms with van der Waals surface area (Å²) in [6, 6.07) is 3.45. The number of hydrogen-bond donors (Lipinski definition) is 1. The third-order valence-corrected chi connectivity index (χ3v) is 3.13. The molecule has 2 rings (SSSR count). The van der Waals surface area contributed by atoms with Gasteiger partial charge >= 0.3 is 5.97 Å². The molecule has 0 aliphatic carbocycles. The third-order valence-electron chi connectivity index (χ3n) is 1.77. The molecule has 0 fully saturated rings. The van der Waals surface area contributed by atoms with Crippen LogP contribution >= 0.6 is 23.4 Å². The van der Waals surface area contributed by atoms with Crippen molar-refractivity contribution >= 4 is 29.3 Å². The third kappa shape index (κ3) is 2.92. The summed E-state index contributed by atoms with van der Waals surface area (Å²) in [6.07, 6.45) is 4.19. The lowest BCUT2D eigenvalue weighted by Gasteiger charge is -2.01. The monoisotopic (exact) mass is 267 g/mol. The molecule has 0 spiro atoms. The Kier molecular flexibility index (Phi) is 3.55. The predicted molar refractivity (Wildman–Crippen MR) is 62.4 cm³/mol. The molecule has 86 valence electrons. The van der Waals surface area contributed by atoms with E-state index >= 15 is 0 Å². The number of aromatic nitrogens is 3. The lowest BCUT2D eigenvalue weighted by atomic mass is 10.5. The van der Waals surface area contributed by atoms with Gasteiger partial charge in [0.25, 0.3) is 0 Å². The van der Waals surface area contributed by atoms with Crippen molar-refractivity contribution in [1.82, 2.24) is 15.0 Å². The highest BCUT2D eigenvalue weighted by Crippen LogP contribution is 2.29. The highest BCUT2D eigenvalue weighted by atomic mass is 35.5. The molecular weight excluding hydrogens is 262 g/mol. The number of pyridine rings is 1. The van der Waals surface area contributed by atoms with E-state index in [9.17, 15) is 4.79 Å². The van der Waals surface area contributed by atoms with Crippen LogP contribution in [-0.2, 0) is 0 Å². The first-order valence-electron chi connectivity index (χ1n) is 4.50. The molecule has 0 bridgehead atoms. The van der Waals surface area contributed by atoms with Crippen molar-refractivity contribution < 1.29 is 9.90 Å². The van der Waals surface area contributed by atoms with Gasteiger partial charge in [0.15, 0.2) is 5.69 Å². The van der Waals surface area contributed by atoms with Crippen molar-refractivity contribution in [2.75, 3.05) is 0 Å². The summed E-state index contributed by atoms with van der Waals surface area (Å²) in [7, 11) is 0. The van der Waals surface area contributed by atoms with Gasteiger partial charge in [0.1, 0.15) is 10.1 Å². The van der Waals surface area contributed by atoms with Gasteiger partial charge in [0.05, 0.1) is 17.4 Å². The highest BCUT2D eigenvalue weighted by molar-refractivity contribution is 7.99. The van der Waals surface area contributed by atoms with Gasteiger partial charge in [0.2, 0.25) is 0 Å². The normalized spacial score (nSPS) is 10.2. The molecule has 0 saturated heterocycles. The number of nitrogens with zero attached hydrogens (tertiary/aromatic N) is 3. The quantitative estimate of drug-likeness (QED) is 0.920. The van der Waals surface area contributed by atoms with Gasteiger partial charge in [-0.15, -0.1) is 0 Å². The van der Waals surface area contributed by atoms with Crippen molar-refractivity contribution in [2.24, 2.45) is 0 Å². The van der Waals surface area contributed by atoms with Crippen LogP contribution in [-0.4, -0.2) is 26.0 Å². The molecule has 0 unspecified atom stereocenters. The van der Waals surface area contributed by atoms with Crippen LogP contribution in [0.4, 0.5) is 0 Å². The maximum absolute atomic E-state index is 10.6. The van der Waals surface area contributed by atoms with E-state index in [1.54, 1.807) is 18.3 Å². The summed E-state index contributed by atoms with van der Waals surface area (Å²) in [5.41, 5.74) is -0.0959. The lowest BCUT2D eigenvalue weighted by molar-refractivity contribution is 0.0689. The molecule has 0 aliphatic heterocycles. The first kappa shape index (κ1) is 11.8. The number of halogens is 1. The standard InChI is InChI=1S/C10H6ClN3O2S/c11-6-2-1-3-12-9(6)17-8-5-13-7(4-14-8)10(15)16/h1-5H,(H,15,16). The molecule has 0 radical (unpaired) electrons. The first-order chi connectivity index (χ1) is 8.16. The van der Waals surface area contributed by atoms with Gasteiger partial charge in [-0.25, -0.2) is 19.7 Å². The molecule has 17 heavy (non-hydrogen) atoms. The molecule has 2 heterocycles. The van der Waals surface area contributed by atoms with Gasteiger partial charge in [0, 0.05) is 6.20 Å². The number of carboxylic acids is 1. The maximum atomic E-state index is 10.6. The zero-order valence-electron chi connectivity index (χ0n) is 8.37. The van der Waals surface area contributed by atoms with Crippen LogP contribution in [0.15, 0.2) is 40.8 Å². The first-order valence-corrected chi connectivity index (χ1v) is 5.70. The van der Waals surface area contributed by atoms with Crippen molar-refractivity contribution in [2.45, 2.75) is 10.1 Å². The molecule has 0 amide bonds. The Morgan fingerprint density at radius 1 is 1.29 bits per heavy atom. The zero-order chi connectivity index (χ0) is 12.3. The molecule has 2 aromatic heterocycles. The SMILES string of the molecule is O=C(O)c1cnc(Sc2ncccc2Cl)cn1. The Morgan fingerprint density at radius 3 is 2.71 bits per heavy atom. The van der Waals surface area contributed by atoms with E-state index in [1.165, 1.54) is 24.2 Å². The van der Waals surface area contributed by atoms with Crippen LogP contribution in [0.1, 0.15) is 10.5 Å². The van der Waals surface area contributed by atoms with Gasteiger partial charge in [-0.2, -0.15) is 0 Å². The summed E-state index contributed by atoms with van der Waals surface area (Å²) in [6.45, 7) is 0. The summed E-state index contributed by atoms with van der Waals surface area (Å²) in [5.74, 6) is -1.11. The Balaban J connectivity index is 2.20. The molecule has 0 atom stereocenters. The molecular formula is C10H6ClN3O2S.